The molecule has 0 atom stereocenters. The molecule has 0 aliphatic carbocycles. The Bertz CT molecular complexity index is 664. The highest BCUT2D eigenvalue weighted by Gasteiger charge is 2.16. The van der Waals surface area contributed by atoms with Crippen molar-refractivity contribution in [2.45, 2.75) is 39.3 Å². The Labute approximate surface area is 147 Å². The number of rotatable bonds is 4. The molecule has 1 aliphatic heterocycles. The maximum Gasteiger partial charge on any atom is 0.193 e. The third-order valence-corrected chi connectivity index (χ3v) is 3.68. The predicted octanol–water partition coefficient (Wildman–Crippen LogP) is 2.33. The van der Waals surface area contributed by atoms with E-state index in [4.69, 9.17) is 5.73 Å². The van der Waals surface area contributed by atoms with Gasteiger partial charge in [-0.1, -0.05) is 19.1 Å². The maximum atomic E-state index is 5.94. The van der Waals surface area contributed by atoms with Gasteiger partial charge in [0.05, 0.1) is 0 Å². The Morgan fingerprint density at radius 3 is 3.09 bits per heavy atom. The molecule has 3 N–H and O–H groups in total. The monoisotopic (exact) mass is 412 g/mol. The number of nitrogens with zero attached hydrogens (tertiary/aromatic N) is 4. The van der Waals surface area contributed by atoms with Crippen molar-refractivity contribution in [3.05, 3.63) is 41.5 Å². The Morgan fingerprint density at radius 2 is 2.27 bits per heavy atom. The fraction of sp³-hybridized carbons (Fsp3) is 0.400. The molecule has 6 nitrogen and oxygen atoms in total. The van der Waals surface area contributed by atoms with Crippen LogP contribution in [-0.4, -0.2) is 20.7 Å². The fourth-order valence-electron chi connectivity index (χ4n) is 2.54. The van der Waals surface area contributed by atoms with Gasteiger partial charge in [-0.05, 0) is 30.5 Å². The third kappa shape index (κ3) is 3.76. The van der Waals surface area contributed by atoms with Crippen LogP contribution in [0.2, 0.25) is 0 Å². The molecule has 0 unspecified atom stereocenters. The molecule has 0 amide bonds. The van der Waals surface area contributed by atoms with Gasteiger partial charge in [0.1, 0.15) is 12.4 Å². The molecule has 2 heterocycles. The Hall–Kier alpha value is -1.64. The number of nitrogens with one attached hydrogen (secondary N) is 1. The maximum absolute atomic E-state index is 5.94. The number of anilines is 1. The van der Waals surface area contributed by atoms with Crippen LogP contribution in [0.25, 0.3) is 0 Å². The Morgan fingerprint density at radius 1 is 1.41 bits per heavy atom. The highest BCUT2D eigenvalue weighted by molar-refractivity contribution is 14.0. The summed E-state index contributed by atoms with van der Waals surface area (Å²) in [5.41, 5.74) is 8.17. The van der Waals surface area contributed by atoms with E-state index >= 15 is 0 Å². The molecule has 7 heteroatoms. The van der Waals surface area contributed by atoms with Gasteiger partial charge in [-0.15, -0.1) is 34.2 Å². The second-order valence-corrected chi connectivity index (χ2v) is 5.17. The summed E-state index contributed by atoms with van der Waals surface area (Å²) in [4.78, 5) is 4.35. The van der Waals surface area contributed by atoms with Crippen LogP contribution in [0.3, 0.4) is 0 Å². The van der Waals surface area contributed by atoms with E-state index in [-0.39, 0.29) is 24.0 Å². The quantitative estimate of drug-likeness (QED) is 0.459. The summed E-state index contributed by atoms with van der Waals surface area (Å²) in [6.07, 6.45) is 3.14. The average Bonchev–Trinajstić information content (AvgIpc) is 3.09. The Kier molecular flexibility index (Phi) is 5.76. The summed E-state index contributed by atoms with van der Waals surface area (Å²) in [6.45, 7) is 3.57. The first-order valence-corrected chi connectivity index (χ1v) is 7.33. The van der Waals surface area contributed by atoms with E-state index < -0.39 is 0 Å². The summed E-state index contributed by atoms with van der Waals surface area (Å²) >= 11 is 0. The molecule has 1 aromatic heterocycles. The molecule has 3 rings (SSSR count). The number of benzene rings is 1. The molecule has 0 saturated heterocycles. The van der Waals surface area contributed by atoms with E-state index in [1.165, 1.54) is 5.56 Å². The molecule has 0 fully saturated rings. The molecule has 22 heavy (non-hydrogen) atoms. The van der Waals surface area contributed by atoms with Crippen LogP contribution in [0.1, 0.15) is 30.6 Å². The first-order chi connectivity index (χ1) is 10.3. The van der Waals surface area contributed by atoms with E-state index in [0.29, 0.717) is 12.5 Å². The number of aromatic nitrogens is 3. The van der Waals surface area contributed by atoms with E-state index in [2.05, 4.69) is 44.1 Å². The zero-order chi connectivity index (χ0) is 14.7. The second-order valence-electron chi connectivity index (χ2n) is 5.17. The largest absolute Gasteiger partial charge is 0.370 e. The van der Waals surface area contributed by atoms with Crippen molar-refractivity contribution >= 4 is 35.6 Å². The van der Waals surface area contributed by atoms with Gasteiger partial charge in [0.25, 0.3) is 0 Å². The first kappa shape index (κ1) is 16.7. The number of guanidine groups is 1. The number of fused-ring (bicyclic) bond motifs is 1. The summed E-state index contributed by atoms with van der Waals surface area (Å²) in [7, 11) is 0. The molecular weight excluding hydrogens is 391 g/mol. The van der Waals surface area contributed by atoms with Gasteiger partial charge >= 0.3 is 0 Å². The lowest BCUT2D eigenvalue weighted by atomic mass is 10.1. The second kappa shape index (κ2) is 7.57. The molecular formula is C15H21IN6. The van der Waals surface area contributed by atoms with Crippen LogP contribution in [0.4, 0.5) is 5.69 Å². The van der Waals surface area contributed by atoms with Crippen molar-refractivity contribution in [2.75, 3.05) is 5.32 Å². The minimum atomic E-state index is 0. The summed E-state index contributed by atoms with van der Waals surface area (Å²) in [6, 6.07) is 8.17. The number of aliphatic imine (C=N–C) groups is 1. The van der Waals surface area contributed by atoms with Gasteiger partial charge in [-0.25, -0.2) is 4.99 Å². The molecule has 0 bridgehead atoms. The molecule has 1 aromatic carbocycles. The number of hydrogen-bond donors (Lipinski definition) is 2. The van der Waals surface area contributed by atoms with Crippen LogP contribution >= 0.6 is 24.0 Å². The van der Waals surface area contributed by atoms with Crippen molar-refractivity contribution in [3.8, 4) is 0 Å². The normalized spacial score (nSPS) is 13.6. The lowest BCUT2D eigenvalue weighted by Crippen LogP contribution is -2.23. The Balaban J connectivity index is 0.00000176. The average molecular weight is 412 g/mol. The van der Waals surface area contributed by atoms with Crippen LogP contribution in [0, 0.1) is 0 Å². The van der Waals surface area contributed by atoms with Gasteiger partial charge < -0.3 is 15.6 Å². The zero-order valence-electron chi connectivity index (χ0n) is 12.6. The molecule has 118 valence electrons. The van der Waals surface area contributed by atoms with E-state index in [1.807, 2.05) is 12.1 Å². The highest BCUT2D eigenvalue weighted by atomic mass is 127. The number of halogens is 1. The van der Waals surface area contributed by atoms with Crippen molar-refractivity contribution < 1.29 is 0 Å². The SMILES string of the molecule is CCc1cccc(NC(N)=NCc2nnc3n2CCC3)c1.I. The van der Waals surface area contributed by atoms with E-state index in [0.717, 1.165) is 43.1 Å². The highest BCUT2D eigenvalue weighted by Crippen LogP contribution is 2.14. The number of nitrogens with two attached hydrogens (primary N) is 1. The van der Waals surface area contributed by atoms with Gasteiger partial charge in [0.2, 0.25) is 0 Å². The van der Waals surface area contributed by atoms with Gasteiger partial charge in [-0.2, -0.15) is 0 Å². The molecule has 0 radical (unpaired) electrons. The van der Waals surface area contributed by atoms with Crippen molar-refractivity contribution in [3.63, 3.8) is 0 Å². The minimum Gasteiger partial charge on any atom is -0.370 e. The number of aryl methyl sites for hydroxylation is 2. The van der Waals surface area contributed by atoms with Crippen molar-refractivity contribution in [1.82, 2.24) is 14.8 Å². The summed E-state index contributed by atoms with van der Waals surface area (Å²) in [5, 5.41) is 11.4. The standard InChI is InChI=1S/C15H20N6.HI/c1-2-11-5-3-6-12(9-11)18-15(16)17-10-14-20-19-13-7-4-8-21(13)14;/h3,5-6,9H,2,4,7-8,10H2,1H3,(H3,16,17,18);1H. The third-order valence-electron chi connectivity index (χ3n) is 3.68. The molecule has 0 spiro atoms. The van der Waals surface area contributed by atoms with Crippen LogP contribution < -0.4 is 11.1 Å². The van der Waals surface area contributed by atoms with Crippen molar-refractivity contribution in [1.29, 1.82) is 0 Å². The van der Waals surface area contributed by atoms with Crippen LogP contribution in [-0.2, 0) is 25.9 Å². The van der Waals surface area contributed by atoms with Crippen LogP contribution in [0.15, 0.2) is 29.3 Å². The molecule has 0 saturated carbocycles. The minimum absolute atomic E-state index is 0. The van der Waals surface area contributed by atoms with Gasteiger partial charge in [0.15, 0.2) is 11.8 Å². The van der Waals surface area contributed by atoms with Gasteiger partial charge in [-0.3, -0.25) is 0 Å². The van der Waals surface area contributed by atoms with Crippen LogP contribution in [0.5, 0.6) is 0 Å². The molecule has 2 aromatic rings. The first-order valence-electron chi connectivity index (χ1n) is 7.33. The number of hydrogen-bond acceptors (Lipinski definition) is 3. The summed E-state index contributed by atoms with van der Waals surface area (Å²) < 4.78 is 2.13. The lowest BCUT2D eigenvalue weighted by molar-refractivity contribution is 0.688. The predicted molar refractivity (Wildman–Crippen MR) is 98.5 cm³/mol. The smallest absolute Gasteiger partial charge is 0.193 e. The summed E-state index contributed by atoms with van der Waals surface area (Å²) in [5.74, 6) is 2.34. The zero-order valence-corrected chi connectivity index (χ0v) is 14.9. The van der Waals surface area contributed by atoms with E-state index in [1.54, 1.807) is 0 Å². The topological polar surface area (TPSA) is 81.1 Å². The van der Waals surface area contributed by atoms with Crippen molar-refractivity contribution in [2.24, 2.45) is 10.7 Å². The fourth-order valence-corrected chi connectivity index (χ4v) is 2.54. The van der Waals surface area contributed by atoms with Gasteiger partial charge in [0, 0.05) is 18.7 Å². The van der Waals surface area contributed by atoms with E-state index in [9.17, 15) is 0 Å². The lowest BCUT2D eigenvalue weighted by Gasteiger charge is -2.07. The molecule has 1 aliphatic rings.